The summed E-state index contributed by atoms with van der Waals surface area (Å²) in [5.41, 5.74) is 4.27. The van der Waals surface area contributed by atoms with E-state index >= 15 is 0 Å². The van der Waals surface area contributed by atoms with E-state index in [4.69, 9.17) is 0 Å². The van der Waals surface area contributed by atoms with Gasteiger partial charge in [0.2, 0.25) is 0 Å². The maximum atomic E-state index is 9.66. The van der Waals surface area contributed by atoms with Crippen molar-refractivity contribution in [2.24, 2.45) is 20.5 Å². The largest absolute Gasteiger partial charge is 0.508 e. The summed E-state index contributed by atoms with van der Waals surface area (Å²) in [5.74, 6) is 0.468. The molecule has 0 aliphatic carbocycles. The van der Waals surface area contributed by atoms with Gasteiger partial charge in [0.25, 0.3) is 0 Å². The second-order valence-corrected chi connectivity index (χ2v) is 6.99. The van der Waals surface area contributed by atoms with Crippen molar-refractivity contribution in [3.8, 4) is 11.5 Å². The van der Waals surface area contributed by atoms with Crippen molar-refractivity contribution in [2.45, 2.75) is 13.8 Å². The molecule has 0 aliphatic heterocycles. The molecule has 0 aromatic heterocycles. The van der Waals surface area contributed by atoms with E-state index in [1.807, 2.05) is 50.2 Å². The minimum Gasteiger partial charge on any atom is -0.508 e. The Hall–Kier alpha value is -4.06. The fourth-order valence-electron chi connectivity index (χ4n) is 3.08. The number of azo groups is 2. The van der Waals surface area contributed by atoms with Gasteiger partial charge in [0.15, 0.2) is 0 Å². The standard InChI is InChI=1S/C24H20N4O2/c1-15-13-17(9-11-23(15)29)25-27-21-7-3-6-20-19(21)5-4-8-22(20)28-26-18-10-12-24(30)16(2)14-18/h3-14,29-30H,1-2H3. The van der Waals surface area contributed by atoms with Crippen molar-refractivity contribution in [1.82, 2.24) is 0 Å². The molecular formula is C24H20N4O2. The zero-order chi connectivity index (χ0) is 21.1. The fraction of sp³-hybridized carbons (Fsp3) is 0.0833. The van der Waals surface area contributed by atoms with Gasteiger partial charge >= 0.3 is 0 Å². The quantitative estimate of drug-likeness (QED) is 0.346. The highest BCUT2D eigenvalue weighted by Gasteiger charge is 2.05. The van der Waals surface area contributed by atoms with E-state index in [0.717, 1.165) is 33.3 Å². The lowest BCUT2D eigenvalue weighted by Crippen LogP contribution is -1.76. The maximum Gasteiger partial charge on any atom is 0.118 e. The smallest absolute Gasteiger partial charge is 0.118 e. The Morgan fingerprint density at radius 1 is 0.533 bits per heavy atom. The molecule has 0 spiro atoms. The number of hydrogen-bond donors (Lipinski definition) is 2. The lowest BCUT2D eigenvalue weighted by molar-refractivity contribution is 0.470. The molecule has 0 bridgehead atoms. The van der Waals surface area contributed by atoms with Crippen molar-refractivity contribution >= 4 is 33.5 Å². The average Bonchev–Trinajstić information content (AvgIpc) is 2.75. The number of phenols is 2. The molecule has 2 N–H and O–H groups in total. The van der Waals surface area contributed by atoms with Gasteiger partial charge in [-0.15, -0.1) is 10.2 Å². The second-order valence-electron chi connectivity index (χ2n) is 6.99. The highest BCUT2D eigenvalue weighted by Crippen LogP contribution is 2.35. The third-order valence-electron chi connectivity index (χ3n) is 4.78. The van der Waals surface area contributed by atoms with Crippen LogP contribution in [0.25, 0.3) is 10.8 Å². The molecule has 6 heteroatoms. The fourth-order valence-corrected chi connectivity index (χ4v) is 3.08. The van der Waals surface area contributed by atoms with Crippen LogP contribution in [0.4, 0.5) is 22.7 Å². The molecule has 148 valence electrons. The molecule has 0 unspecified atom stereocenters. The highest BCUT2D eigenvalue weighted by molar-refractivity contribution is 5.99. The predicted octanol–water partition coefficient (Wildman–Crippen LogP) is 7.70. The average molecular weight is 396 g/mol. The Labute approximate surface area is 173 Å². The van der Waals surface area contributed by atoms with Crippen LogP contribution in [0.5, 0.6) is 11.5 Å². The van der Waals surface area contributed by atoms with E-state index < -0.39 is 0 Å². The molecule has 0 atom stereocenters. The molecule has 6 nitrogen and oxygen atoms in total. The van der Waals surface area contributed by atoms with Crippen molar-refractivity contribution in [1.29, 1.82) is 0 Å². The molecule has 0 aliphatic rings. The van der Waals surface area contributed by atoms with Gasteiger partial charge in [-0.3, -0.25) is 0 Å². The number of phenolic OH excluding ortho intramolecular Hbond substituents is 2. The Morgan fingerprint density at radius 3 is 1.37 bits per heavy atom. The first-order chi connectivity index (χ1) is 14.5. The number of benzene rings is 4. The van der Waals surface area contributed by atoms with E-state index in [1.165, 1.54) is 0 Å². The van der Waals surface area contributed by atoms with Crippen LogP contribution in [0.15, 0.2) is 93.3 Å². The molecule has 0 fully saturated rings. The van der Waals surface area contributed by atoms with Gasteiger partial charge in [0.05, 0.1) is 22.7 Å². The van der Waals surface area contributed by atoms with Gasteiger partial charge in [-0.25, -0.2) is 0 Å². The summed E-state index contributed by atoms with van der Waals surface area (Å²) in [6, 6.07) is 21.7. The van der Waals surface area contributed by atoms with Crippen molar-refractivity contribution in [3.05, 3.63) is 83.9 Å². The molecule has 0 radical (unpaired) electrons. The summed E-state index contributed by atoms with van der Waals surface area (Å²) in [4.78, 5) is 0. The molecule has 0 heterocycles. The first-order valence-corrected chi connectivity index (χ1v) is 9.46. The monoisotopic (exact) mass is 396 g/mol. The number of aromatic hydroxyl groups is 2. The number of hydrogen-bond acceptors (Lipinski definition) is 6. The summed E-state index contributed by atoms with van der Waals surface area (Å²) in [6.07, 6.45) is 0. The number of fused-ring (bicyclic) bond motifs is 1. The van der Waals surface area contributed by atoms with Gasteiger partial charge in [-0.1, -0.05) is 24.3 Å². The second kappa shape index (κ2) is 8.13. The Balaban J connectivity index is 1.68. The summed E-state index contributed by atoms with van der Waals surface area (Å²) < 4.78 is 0. The molecule has 4 aromatic rings. The Morgan fingerprint density at radius 2 is 0.967 bits per heavy atom. The molecule has 4 rings (SSSR count). The Kier molecular flexibility index (Phi) is 5.22. The highest BCUT2D eigenvalue weighted by atomic mass is 16.3. The van der Waals surface area contributed by atoms with E-state index in [1.54, 1.807) is 36.4 Å². The topological polar surface area (TPSA) is 89.9 Å². The lowest BCUT2D eigenvalue weighted by atomic mass is 10.1. The molecule has 0 saturated carbocycles. The maximum absolute atomic E-state index is 9.66. The van der Waals surface area contributed by atoms with Crippen LogP contribution in [-0.4, -0.2) is 10.2 Å². The molecule has 30 heavy (non-hydrogen) atoms. The van der Waals surface area contributed by atoms with Crippen LogP contribution in [0.1, 0.15) is 11.1 Å². The van der Waals surface area contributed by atoms with Crippen LogP contribution in [0, 0.1) is 13.8 Å². The van der Waals surface area contributed by atoms with E-state index in [2.05, 4.69) is 20.5 Å². The SMILES string of the molecule is Cc1cc(N=Nc2cccc3c(N=Nc4ccc(O)c(C)c4)cccc23)ccc1O. The first kappa shape index (κ1) is 19.3. The van der Waals surface area contributed by atoms with Crippen LogP contribution in [-0.2, 0) is 0 Å². The summed E-state index contributed by atoms with van der Waals surface area (Å²) >= 11 is 0. The predicted molar refractivity (Wildman–Crippen MR) is 118 cm³/mol. The van der Waals surface area contributed by atoms with Gasteiger partial charge in [0.1, 0.15) is 11.5 Å². The number of aryl methyl sites for hydroxylation is 2. The number of nitrogens with zero attached hydrogens (tertiary/aromatic N) is 4. The van der Waals surface area contributed by atoms with Gasteiger partial charge in [-0.2, -0.15) is 10.2 Å². The minimum atomic E-state index is 0.234. The number of rotatable bonds is 4. The normalized spacial score (nSPS) is 11.7. The van der Waals surface area contributed by atoms with Gasteiger partial charge < -0.3 is 10.2 Å². The summed E-state index contributed by atoms with van der Waals surface area (Å²) in [5, 5.41) is 38.6. The van der Waals surface area contributed by atoms with Crippen LogP contribution < -0.4 is 0 Å². The minimum absolute atomic E-state index is 0.234. The third-order valence-corrected chi connectivity index (χ3v) is 4.78. The molecular weight excluding hydrogens is 376 g/mol. The van der Waals surface area contributed by atoms with E-state index in [9.17, 15) is 10.2 Å². The van der Waals surface area contributed by atoms with Gasteiger partial charge in [-0.05, 0) is 73.5 Å². The van der Waals surface area contributed by atoms with Crippen molar-refractivity contribution < 1.29 is 10.2 Å². The van der Waals surface area contributed by atoms with Crippen LogP contribution >= 0.6 is 0 Å². The van der Waals surface area contributed by atoms with Crippen LogP contribution in [0.3, 0.4) is 0 Å². The van der Waals surface area contributed by atoms with E-state index in [0.29, 0.717) is 11.4 Å². The lowest BCUT2D eigenvalue weighted by Gasteiger charge is -2.04. The zero-order valence-electron chi connectivity index (χ0n) is 16.6. The zero-order valence-corrected chi connectivity index (χ0v) is 16.6. The third kappa shape index (κ3) is 4.03. The van der Waals surface area contributed by atoms with Gasteiger partial charge in [0, 0.05) is 10.8 Å². The van der Waals surface area contributed by atoms with Crippen molar-refractivity contribution in [3.63, 3.8) is 0 Å². The summed E-state index contributed by atoms with van der Waals surface area (Å²) in [7, 11) is 0. The molecule has 0 saturated heterocycles. The molecule has 4 aromatic carbocycles. The van der Waals surface area contributed by atoms with Crippen molar-refractivity contribution in [2.75, 3.05) is 0 Å². The Bertz CT molecular complexity index is 1200. The van der Waals surface area contributed by atoms with Crippen LogP contribution in [0.2, 0.25) is 0 Å². The van der Waals surface area contributed by atoms with E-state index in [-0.39, 0.29) is 11.5 Å². The summed E-state index contributed by atoms with van der Waals surface area (Å²) in [6.45, 7) is 3.64. The molecule has 0 amide bonds. The first-order valence-electron chi connectivity index (χ1n) is 9.46.